The Morgan fingerprint density at radius 1 is 1.04 bits per heavy atom. The van der Waals surface area contributed by atoms with Gasteiger partial charge in [-0.15, -0.1) is 10.2 Å². The number of likely N-dealkylation sites (tertiary alicyclic amines) is 1. The van der Waals surface area contributed by atoms with Crippen LogP contribution in [0.2, 0.25) is 0 Å². The van der Waals surface area contributed by atoms with E-state index >= 15 is 0 Å². The third-order valence-electron chi connectivity index (χ3n) is 6.02. The topological polar surface area (TPSA) is 69.5 Å². The molecule has 1 amide bonds. The summed E-state index contributed by atoms with van der Waals surface area (Å²) >= 11 is 0. The molecular formula is C21H26N4O3. The van der Waals surface area contributed by atoms with E-state index in [-0.39, 0.29) is 18.4 Å². The Morgan fingerprint density at radius 3 is 2.86 bits per heavy atom. The summed E-state index contributed by atoms with van der Waals surface area (Å²) in [5, 5.41) is 8.96. The Morgan fingerprint density at radius 2 is 1.93 bits per heavy atom. The van der Waals surface area contributed by atoms with E-state index in [9.17, 15) is 4.79 Å². The average molecular weight is 382 g/mol. The number of benzene rings is 1. The van der Waals surface area contributed by atoms with Crippen LogP contribution in [-0.2, 0) is 17.8 Å². The van der Waals surface area contributed by atoms with E-state index in [1.165, 1.54) is 19.3 Å². The van der Waals surface area contributed by atoms with Crippen LogP contribution in [0.3, 0.4) is 0 Å². The second-order valence-corrected chi connectivity index (χ2v) is 7.92. The first kappa shape index (κ1) is 17.5. The van der Waals surface area contributed by atoms with Gasteiger partial charge in [-0.3, -0.25) is 4.79 Å². The molecule has 0 bridgehead atoms. The van der Waals surface area contributed by atoms with Gasteiger partial charge in [0.25, 0.3) is 5.91 Å². The number of fused-ring (bicyclic) bond motifs is 2. The molecule has 0 saturated carbocycles. The Kier molecular flexibility index (Phi) is 4.66. The van der Waals surface area contributed by atoms with Gasteiger partial charge in [-0.2, -0.15) is 0 Å². The molecule has 0 aliphatic carbocycles. The smallest absolute Gasteiger partial charge is 0.267 e. The van der Waals surface area contributed by atoms with Crippen molar-refractivity contribution in [3.05, 3.63) is 35.9 Å². The molecule has 1 aromatic heterocycles. The number of ether oxygens (including phenoxy) is 2. The maximum atomic E-state index is 13.1. The van der Waals surface area contributed by atoms with Gasteiger partial charge in [0, 0.05) is 32.0 Å². The van der Waals surface area contributed by atoms with Crippen molar-refractivity contribution >= 4 is 5.91 Å². The number of amides is 1. The van der Waals surface area contributed by atoms with E-state index in [0.29, 0.717) is 18.0 Å². The SMILES string of the molecule is O=C(C1COc2ccccc2O1)N1CCCC(c2nnc3n2CCCCC3)C1. The summed E-state index contributed by atoms with van der Waals surface area (Å²) in [7, 11) is 0. The first-order chi connectivity index (χ1) is 13.8. The Labute approximate surface area is 164 Å². The zero-order chi connectivity index (χ0) is 18.9. The molecule has 1 fully saturated rings. The highest BCUT2D eigenvalue weighted by atomic mass is 16.6. The molecule has 7 heteroatoms. The molecule has 4 heterocycles. The third-order valence-corrected chi connectivity index (χ3v) is 6.02. The van der Waals surface area contributed by atoms with Gasteiger partial charge in [0.05, 0.1) is 0 Å². The molecule has 1 aromatic carbocycles. The number of carbonyl (C=O) groups is 1. The number of aromatic nitrogens is 3. The molecule has 28 heavy (non-hydrogen) atoms. The second kappa shape index (κ2) is 7.45. The minimum Gasteiger partial charge on any atom is -0.485 e. The van der Waals surface area contributed by atoms with Gasteiger partial charge in [0.15, 0.2) is 11.5 Å². The molecule has 5 rings (SSSR count). The number of hydrogen-bond donors (Lipinski definition) is 0. The lowest BCUT2D eigenvalue weighted by atomic mass is 9.96. The van der Waals surface area contributed by atoms with Crippen LogP contribution >= 0.6 is 0 Å². The lowest BCUT2D eigenvalue weighted by Gasteiger charge is -2.35. The van der Waals surface area contributed by atoms with E-state index in [2.05, 4.69) is 14.8 Å². The molecule has 2 aromatic rings. The van der Waals surface area contributed by atoms with Crippen molar-refractivity contribution in [3.63, 3.8) is 0 Å². The first-order valence-corrected chi connectivity index (χ1v) is 10.4. The van der Waals surface area contributed by atoms with Crippen LogP contribution in [0.25, 0.3) is 0 Å². The van der Waals surface area contributed by atoms with Crippen LogP contribution in [0, 0.1) is 0 Å². The predicted octanol–water partition coefficient (Wildman–Crippen LogP) is 2.55. The largest absolute Gasteiger partial charge is 0.485 e. The summed E-state index contributed by atoms with van der Waals surface area (Å²) in [5.74, 6) is 3.76. The first-order valence-electron chi connectivity index (χ1n) is 10.4. The Hall–Kier alpha value is -2.57. The van der Waals surface area contributed by atoms with Gasteiger partial charge >= 0.3 is 0 Å². The van der Waals surface area contributed by atoms with Crippen molar-refractivity contribution in [2.24, 2.45) is 0 Å². The minimum atomic E-state index is -0.579. The molecule has 148 valence electrons. The number of hydrogen-bond acceptors (Lipinski definition) is 5. The molecule has 3 aliphatic rings. The monoisotopic (exact) mass is 382 g/mol. The van der Waals surface area contributed by atoms with Crippen LogP contribution in [0.5, 0.6) is 11.5 Å². The van der Waals surface area contributed by atoms with E-state index in [0.717, 1.165) is 44.0 Å². The number of nitrogens with zero attached hydrogens (tertiary/aromatic N) is 4. The van der Waals surface area contributed by atoms with E-state index in [4.69, 9.17) is 9.47 Å². The number of aryl methyl sites for hydroxylation is 1. The fourth-order valence-electron chi connectivity index (χ4n) is 4.54. The zero-order valence-corrected chi connectivity index (χ0v) is 16.0. The van der Waals surface area contributed by atoms with E-state index in [1.807, 2.05) is 29.2 Å². The summed E-state index contributed by atoms with van der Waals surface area (Å²) in [6.45, 7) is 2.70. The highest BCUT2D eigenvalue weighted by Crippen LogP contribution is 2.33. The van der Waals surface area contributed by atoms with Crippen molar-refractivity contribution in [2.75, 3.05) is 19.7 Å². The molecule has 1 saturated heterocycles. The lowest BCUT2D eigenvalue weighted by Crippen LogP contribution is -2.49. The molecule has 7 nitrogen and oxygen atoms in total. The standard InChI is InChI=1S/C21H26N4O3/c26-21(18-14-27-16-8-3-4-9-17(16)28-18)24-11-6-7-15(13-24)20-23-22-19-10-2-1-5-12-25(19)20/h3-4,8-9,15,18H,1-2,5-7,10-14H2. The van der Waals surface area contributed by atoms with Crippen LogP contribution in [-0.4, -0.2) is 51.4 Å². The fourth-order valence-corrected chi connectivity index (χ4v) is 4.54. The number of para-hydroxylation sites is 2. The van der Waals surface area contributed by atoms with Crippen molar-refractivity contribution in [1.29, 1.82) is 0 Å². The van der Waals surface area contributed by atoms with E-state index < -0.39 is 6.10 Å². The third kappa shape index (κ3) is 3.23. The molecule has 0 spiro atoms. The summed E-state index contributed by atoms with van der Waals surface area (Å²) in [4.78, 5) is 15.0. The number of carbonyl (C=O) groups excluding carboxylic acids is 1. The average Bonchev–Trinajstić information content (AvgIpc) is 3.01. The van der Waals surface area contributed by atoms with Gasteiger partial charge in [0.2, 0.25) is 6.10 Å². The van der Waals surface area contributed by atoms with Crippen LogP contribution in [0.1, 0.15) is 49.7 Å². The quantitative estimate of drug-likeness (QED) is 0.798. The number of rotatable bonds is 2. The van der Waals surface area contributed by atoms with Crippen LogP contribution in [0.15, 0.2) is 24.3 Å². The van der Waals surface area contributed by atoms with Crippen LogP contribution in [0.4, 0.5) is 0 Å². The predicted molar refractivity (Wildman–Crippen MR) is 102 cm³/mol. The summed E-state index contributed by atoms with van der Waals surface area (Å²) in [6.07, 6.45) is 6.07. The maximum Gasteiger partial charge on any atom is 0.267 e. The molecule has 3 aliphatic heterocycles. The minimum absolute atomic E-state index is 0.00908. The molecule has 0 radical (unpaired) electrons. The highest BCUT2D eigenvalue weighted by Gasteiger charge is 2.35. The number of piperidine rings is 1. The van der Waals surface area contributed by atoms with Crippen molar-refractivity contribution < 1.29 is 14.3 Å². The molecule has 2 unspecified atom stereocenters. The van der Waals surface area contributed by atoms with Crippen LogP contribution < -0.4 is 9.47 Å². The normalized spacial score (nSPS) is 24.4. The lowest BCUT2D eigenvalue weighted by molar-refractivity contribution is -0.142. The van der Waals surface area contributed by atoms with Gasteiger partial charge in [-0.1, -0.05) is 18.6 Å². The Bertz CT molecular complexity index is 865. The Balaban J connectivity index is 1.30. The van der Waals surface area contributed by atoms with Gasteiger partial charge in [-0.25, -0.2) is 0 Å². The van der Waals surface area contributed by atoms with E-state index in [1.54, 1.807) is 0 Å². The summed E-state index contributed by atoms with van der Waals surface area (Å²) in [6, 6.07) is 7.51. The maximum absolute atomic E-state index is 13.1. The van der Waals surface area contributed by atoms with Gasteiger partial charge < -0.3 is 18.9 Å². The van der Waals surface area contributed by atoms with Crippen molar-refractivity contribution in [2.45, 2.75) is 57.1 Å². The molecular weight excluding hydrogens is 356 g/mol. The second-order valence-electron chi connectivity index (χ2n) is 7.92. The fraction of sp³-hybridized carbons (Fsp3) is 0.571. The zero-order valence-electron chi connectivity index (χ0n) is 16.0. The molecule has 2 atom stereocenters. The van der Waals surface area contributed by atoms with Crippen molar-refractivity contribution in [3.8, 4) is 11.5 Å². The summed E-state index contributed by atoms with van der Waals surface area (Å²) in [5.41, 5.74) is 0. The summed E-state index contributed by atoms with van der Waals surface area (Å²) < 4.78 is 14.0. The highest BCUT2D eigenvalue weighted by molar-refractivity contribution is 5.82. The van der Waals surface area contributed by atoms with Gasteiger partial charge in [0.1, 0.15) is 18.3 Å². The van der Waals surface area contributed by atoms with Crippen molar-refractivity contribution in [1.82, 2.24) is 19.7 Å². The van der Waals surface area contributed by atoms with Gasteiger partial charge in [-0.05, 0) is 37.8 Å². The molecule has 0 N–H and O–H groups in total.